The summed E-state index contributed by atoms with van der Waals surface area (Å²) < 4.78 is 22.4. The number of ether oxygens (including phenoxy) is 2. The fourth-order valence-corrected chi connectivity index (χ4v) is 3.04. The highest BCUT2D eigenvalue weighted by Crippen LogP contribution is 2.43. The van der Waals surface area contributed by atoms with E-state index in [2.05, 4.69) is 0 Å². The fourth-order valence-electron chi connectivity index (χ4n) is 3.04. The van der Waals surface area contributed by atoms with Gasteiger partial charge in [0, 0.05) is 10.8 Å². The lowest BCUT2D eigenvalue weighted by atomic mass is 9.99. The van der Waals surface area contributed by atoms with Gasteiger partial charge in [-0.3, -0.25) is 0 Å². The number of methoxy groups -OCH3 is 2. The summed E-state index contributed by atoms with van der Waals surface area (Å²) in [4.78, 5) is 0. The topological polar surface area (TPSA) is 44.7 Å². The molecule has 0 saturated carbocycles. The predicted octanol–water partition coefficient (Wildman–Crippen LogP) is 5.38. The van der Waals surface area contributed by atoms with Gasteiger partial charge in [0.1, 0.15) is 23.0 Å². The molecule has 0 aliphatic carbocycles. The molecular weight excluding hydrogens is 304 g/mol. The molecule has 4 aromatic rings. The van der Waals surface area contributed by atoms with Gasteiger partial charge in [0.05, 0.1) is 37.9 Å². The molecule has 24 heavy (non-hydrogen) atoms. The molecule has 0 aliphatic rings. The Bertz CT molecular complexity index is 885. The molecule has 4 rings (SSSR count). The minimum atomic E-state index is 0.756. The molecule has 2 heterocycles. The average molecular weight is 320 g/mol. The van der Waals surface area contributed by atoms with Crippen molar-refractivity contribution in [1.29, 1.82) is 0 Å². The number of fused-ring (bicyclic) bond motifs is 1. The molecule has 0 saturated heterocycles. The molecule has 0 spiro atoms. The summed E-state index contributed by atoms with van der Waals surface area (Å²) >= 11 is 0. The molecule has 0 unspecified atom stereocenters. The summed E-state index contributed by atoms with van der Waals surface area (Å²) in [6.07, 6.45) is 3.30. The van der Waals surface area contributed by atoms with Crippen LogP contribution in [-0.2, 0) is 0 Å². The molecule has 4 heteroatoms. The molecule has 0 fully saturated rings. The van der Waals surface area contributed by atoms with Gasteiger partial charge in [-0.2, -0.15) is 0 Å². The molecular formula is C20H16O4. The van der Waals surface area contributed by atoms with Crippen molar-refractivity contribution in [3.8, 4) is 34.1 Å². The molecule has 0 radical (unpaired) electrons. The first kappa shape index (κ1) is 14.5. The largest absolute Gasteiger partial charge is 0.495 e. The summed E-state index contributed by atoms with van der Waals surface area (Å²) in [5.74, 6) is 3.05. The second-order valence-corrected chi connectivity index (χ2v) is 5.34. The highest BCUT2D eigenvalue weighted by atomic mass is 16.5. The van der Waals surface area contributed by atoms with E-state index in [9.17, 15) is 0 Å². The summed E-state index contributed by atoms with van der Waals surface area (Å²) in [5.41, 5.74) is 1.81. The zero-order valence-corrected chi connectivity index (χ0v) is 13.4. The van der Waals surface area contributed by atoms with E-state index in [4.69, 9.17) is 18.3 Å². The van der Waals surface area contributed by atoms with Crippen LogP contribution in [0.3, 0.4) is 0 Å². The van der Waals surface area contributed by atoms with Crippen molar-refractivity contribution in [1.82, 2.24) is 0 Å². The summed E-state index contributed by atoms with van der Waals surface area (Å²) in [6, 6.07) is 15.5. The van der Waals surface area contributed by atoms with E-state index < -0.39 is 0 Å². The zero-order valence-electron chi connectivity index (χ0n) is 13.4. The molecule has 2 aromatic carbocycles. The van der Waals surface area contributed by atoms with Gasteiger partial charge in [0.25, 0.3) is 0 Å². The zero-order chi connectivity index (χ0) is 16.5. The predicted molar refractivity (Wildman–Crippen MR) is 92.5 cm³/mol. The van der Waals surface area contributed by atoms with E-state index in [-0.39, 0.29) is 0 Å². The smallest absolute Gasteiger partial charge is 0.137 e. The molecule has 0 atom stereocenters. The first-order valence-electron chi connectivity index (χ1n) is 7.59. The first-order valence-corrected chi connectivity index (χ1v) is 7.59. The lowest BCUT2D eigenvalue weighted by molar-refractivity contribution is 0.415. The van der Waals surface area contributed by atoms with Gasteiger partial charge in [-0.25, -0.2) is 0 Å². The van der Waals surface area contributed by atoms with Crippen LogP contribution in [-0.4, -0.2) is 14.2 Å². The van der Waals surface area contributed by atoms with Crippen LogP contribution in [0, 0.1) is 0 Å². The van der Waals surface area contributed by atoms with Gasteiger partial charge in [-0.05, 0) is 48.5 Å². The molecule has 0 N–H and O–H groups in total. The third kappa shape index (κ3) is 2.15. The standard InChI is InChI=1S/C20H16O4/c1-21-19-13-7-10-16(18-6-4-12-24-18)20(22-2)14(13)8-9-15(19)17-5-3-11-23-17/h3-12H,1-2H3. The number of furan rings is 2. The van der Waals surface area contributed by atoms with Gasteiger partial charge in [-0.15, -0.1) is 0 Å². The van der Waals surface area contributed by atoms with Crippen molar-refractivity contribution in [2.45, 2.75) is 0 Å². The molecule has 0 aliphatic heterocycles. The number of rotatable bonds is 4. The van der Waals surface area contributed by atoms with Gasteiger partial charge in [0.15, 0.2) is 0 Å². The quantitative estimate of drug-likeness (QED) is 0.506. The second-order valence-electron chi connectivity index (χ2n) is 5.34. The minimum absolute atomic E-state index is 0.756. The minimum Gasteiger partial charge on any atom is -0.495 e. The lowest BCUT2D eigenvalue weighted by Crippen LogP contribution is -1.93. The Hall–Kier alpha value is -3.14. The van der Waals surface area contributed by atoms with Crippen LogP contribution < -0.4 is 9.47 Å². The Morgan fingerprint density at radius 1 is 0.625 bits per heavy atom. The number of hydrogen-bond acceptors (Lipinski definition) is 4. The van der Waals surface area contributed by atoms with E-state index in [1.807, 2.05) is 48.5 Å². The number of hydrogen-bond donors (Lipinski definition) is 0. The Morgan fingerprint density at radius 2 is 1.08 bits per heavy atom. The summed E-state index contributed by atoms with van der Waals surface area (Å²) in [7, 11) is 3.32. The van der Waals surface area contributed by atoms with E-state index in [0.29, 0.717) is 0 Å². The maximum absolute atomic E-state index is 5.67. The molecule has 2 aromatic heterocycles. The Morgan fingerprint density at radius 3 is 1.42 bits per heavy atom. The fraction of sp³-hybridized carbons (Fsp3) is 0.100. The maximum Gasteiger partial charge on any atom is 0.137 e. The highest BCUT2D eigenvalue weighted by molar-refractivity contribution is 6.01. The normalized spacial score (nSPS) is 10.9. The van der Waals surface area contributed by atoms with Crippen molar-refractivity contribution >= 4 is 10.8 Å². The summed E-state index contributed by atoms with van der Waals surface area (Å²) in [6.45, 7) is 0. The molecule has 4 nitrogen and oxygen atoms in total. The van der Waals surface area contributed by atoms with Gasteiger partial charge < -0.3 is 18.3 Å². The van der Waals surface area contributed by atoms with E-state index in [1.165, 1.54) is 0 Å². The highest BCUT2D eigenvalue weighted by Gasteiger charge is 2.18. The Kier molecular flexibility index (Phi) is 3.50. The van der Waals surface area contributed by atoms with Crippen molar-refractivity contribution in [3.05, 3.63) is 61.1 Å². The average Bonchev–Trinajstić information content (AvgIpc) is 3.32. The second kappa shape index (κ2) is 5.81. The van der Waals surface area contributed by atoms with E-state index in [0.717, 1.165) is 44.9 Å². The van der Waals surface area contributed by atoms with Crippen LogP contribution in [0.5, 0.6) is 11.5 Å². The third-order valence-electron chi connectivity index (χ3n) is 4.08. The van der Waals surface area contributed by atoms with Crippen LogP contribution in [0.15, 0.2) is 69.9 Å². The Labute approximate surface area is 139 Å². The van der Waals surface area contributed by atoms with Crippen LogP contribution in [0.1, 0.15) is 0 Å². The third-order valence-corrected chi connectivity index (χ3v) is 4.08. The van der Waals surface area contributed by atoms with E-state index >= 15 is 0 Å². The van der Waals surface area contributed by atoms with Crippen molar-refractivity contribution in [3.63, 3.8) is 0 Å². The van der Waals surface area contributed by atoms with Crippen LogP contribution >= 0.6 is 0 Å². The molecule has 0 amide bonds. The van der Waals surface area contributed by atoms with Crippen molar-refractivity contribution in [2.24, 2.45) is 0 Å². The Balaban J connectivity index is 2.00. The van der Waals surface area contributed by atoms with Gasteiger partial charge in [-0.1, -0.05) is 0 Å². The summed E-state index contributed by atoms with van der Waals surface area (Å²) in [5, 5.41) is 1.91. The van der Waals surface area contributed by atoms with Crippen molar-refractivity contribution < 1.29 is 18.3 Å². The number of benzene rings is 2. The SMILES string of the molecule is COc1c(-c2ccco2)ccc2c(OC)c(-c3ccco3)ccc12. The van der Waals surface area contributed by atoms with Crippen molar-refractivity contribution in [2.75, 3.05) is 14.2 Å². The van der Waals surface area contributed by atoms with Gasteiger partial charge >= 0.3 is 0 Å². The van der Waals surface area contributed by atoms with Crippen LogP contribution in [0.4, 0.5) is 0 Å². The van der Waals surface area contributed by atoms with Crippen LogP contribution in [0.2, 0.25) is 0 Å². The molecule has 120 valence electrons. The van der Waals surface area contributed by atoms with Gasteiger partial charge in [0.2, 0.25) is 0 Å². The maximum atomic E-state index is 5.67. The van der Waals surface area contributed by atoms with E-state index in [1.54, 1.807) is 26.7 Å². The lowest BCUT2D eigenvalue weighted by Gasteiger charge is -2.15. The molecule has 0 bridgehead atoms. The van der Waals surface area contributed by atoms with Crippen LogP contribution in [0.25, 0.3) is 33.4 Å². The first-order chi connectivity index (χ1) is 11.8. The monoisotopic (exact) mass is 320 g/mol.